The molecule has 0 aliphatic carbocycles. The summed E-state index contributed by atoms with van der Waals surface area (Å²) >= 11 is 0. The average molecular weight is 261 g/mol. The average Bonchev–Trinajstić information content (AvgIpc) is 2.40. The molecule has 0 radical (unpaired) electrons. The van der Waals surface area contributed by atoms with Gasteiger partial charge in [-0.25, -0.2) is 0 Å². The Bertz CT molecular complexity index is 467. The number of carboxylic acid groups (broad SMARTS) is 1. The van der Waals surface area contributed by atoms with Gasteiger partial charge in [0.25, 0.3) is 0 Å². The first-order chi connectivity index (χ1) is 9.08. The SMILES string of the molecule is CC(Cc1ccc(N2CCCCC2=O)cc1)C(=O)O. The number of hydrogen-bond acceptors (Lipinski definition) is 2. The van der Waals surface area contributed by atoms with Gasteiger partial charge in [0.05, 0.1) is 5.92 Å². The number of carbonyl (C=O) groups is 2. The number of aliphatic carboxylic acids is 1. The van der Waals surface area contributed by atoms with Crippen molar-refractivity contribution in [1.29, 1.82) is 0 Å². The molecule has 1 saturated heterocycles. The molecule has 0 bridgehead atoms. The van der Waals surface area contributed by atoms with E-state index in [1.165, 1.54) is 0 Å². The van der Waals surface area contributed by atoms with Crippen LogP contribution in [0.2, 0.25) is 0 Å². The van der Waals surface area contributed by atoms with Crippen LogP contribution in [0.15, 0.2) is 24.3 Å². The lowest BCUT2D eigenvalue weighted by Gasteiger charge is -2.26. The van der Waals surface area contributed by atoms with Crippen LogP contribution < -0.4 is 4.90 Å². The van der Waals surface area contributed by atoms with E-state index in [1.807, 2.05) is 29.2 Å². The summed E-state index contributed by atoms with van der Waals surface area (Å²) in [5.74, 6) is -0.990. The Hall–Kier alpha value is -1.84. The molecule has 0 aromatic heterocycles. The molecular formula is C15H19NO3. The van der Waals surface area contributed by atoms with Crippen LogP contribution in [0.1, 0.15) is 31.7 Å². The maximum atomic E-state index is 11.8. The normalized spacial score (nSPS) is 17.3. The maximum Gasteiger partial charge on any atom is 0.306 e. The first-order valence-electron chi connectivity index (χ1n) is 6.70. The molecule has 1 fully saturated rings. The van der Waals surface area contributed by atoms with E-state index in [9.17, 15) is 9.59 Å². The number of amides is 1. The van der Waals surface area contributed by atoms with Gasteiger partial charge in [-0.15, -0.1) is 0 Å². The summed E-state index contributed by atoms with van der Waals surface area (Å²) in [6.45, 7) is 2.48. The highest BCUT2D eigenvalue weighted by Crippen LogP contribution is 2.22. The van der Waals surface area contributed by atoms with Crippen molar-refractivity contribution in [3.8, 4) is 0 Å². The summed E-state index contributed by atoms with van der Waals surface area (Å²) < 4.78 is 0. The highest BCUT2D eigenvalue weighted by Gasteiger charge is 2.19. The highest BCUT2D eigenvalue weighted by molar-refractivity contribution is 5.93. The van der Waals surface area contributed by atoms with Crippen molar-refractivity contribution in [2.45, 2.75) is 32.6 Å². The van der Waals surface area contributed by atoms with Gasteiger partial charge in [-0.05, 0) is 37.0 Å². The number of anilines is 1. The third kappa shape index (κ3) is 3.34. The Morgan fingerprint density at radius 2 is 2.00 bits per heavy atom. The standard InChI is InChI=1S/C15H19NO3/c1-11(15(18)19)10-12-5-7-13(8-6-12)16-9-3-2-4-14(16)17/h5-8,11H,2-4,9-10H2,1H3,(H,18,19). The van der Waals surface area contributed by atoms with Crippen LogP contribution in [0.4, 0.5) is 5.69 Å². The van der Waals surface area contributed by atoms with Gasteiger partial charge in [0.15, 0.2) is 0 Å². The minimum Gasteiger partial charge on any atom is -0.481 e. The van der Waals surface area contributed by atoms with Crippen molar-refractivity contribution < 1.29 is 14.7 Å². The molecule has 1 N–H and O–H groups in total. The molecule has 4 heteroatoms. The van der Waals surface area contributed by atoms with Crippen molar-refractivity contribution in [2.75, 3.05) is 11.4 Å². The second-order valence-corrected chi connectivity index (χ2v) is 5.11. The van der Waals surface area contributed by atoms with E-state index in [0.717, 1.165) is 30.6 Å². The van der Waals surface area contributed by atoms with Crippen molar-refractivity contribution in [2.24, 2.45) is 5.92 Å². The molecule has 1 amide bonds. The zero-order valence-electron chi connectivity index (χ0n) is 11.1. The molecule has 0 saturated carbocycles. The van der Waals surface area contributed by atoms with Crippen molar-refractivity contribution in [3.05, 3.63) is 29.8 Å². The molecule has 1 aromatic carbocycles. The van der Waals surface area contributed by atoms with Crippen LogP contribution in [0.25, 0.3) is 0 Å². The largest absolute Gasteiger partial charge is 0.481 e. The summed E-state index contributed by atoms with van der Waals surface area (Å²) in [4.78, 5) is 24.4. The minimum absolute atomic E-state index is 0.179. The molecular weight excluding hydrogens is 242 g/mol. The number of hydrogen-bond donors (Lipinski definition) is 1. The van der Waals surface area contributed by atoms with E-state index in [1.54, 1.807) is 6.92 Å². The first-order valence-corrected chi connectivity index (χ1v) is 6.70. The van der Waals surface area contributed by atoms with E-state index in [2.05, 4.69) is 0 Å². The molecule has 0 spiro atoms. The predicted octanol–water partition coefficient (Wildman–Crippen LogP) is 2.47. The number of nitrogens with zero attached hydrogens (tertiary/aromatic N) is 1. The lowest BCUT2D eigenvalue weighted by molar-refractivity contribution is -0.141. The Balaban J connectivity index is 2.05. The Labute approximate surface area is 113 Å². The highest BCUT2D eigenvalue weighted by atomic mass is 16.4. The van der Waals surface area contributed by atoms with E-state index in [0.29, 0.717) is 12.8 Å². The second kappa shape index (κ2) is 5.87. The maximum absolute atomic E-state index is 11.8. The van der Waals surface area contributed by atoms with E-state index < -0.39 is 5.97 Å². The predicted molar refractivity (Wildman–Crippen MR) is 73.1 cm³/mol. The van der Waals surface area contributed by atoms with Crippen LogP contribution >= 0.6 is 0 Å². The van der Waals surface area contributed by atoms with Crippen LogP contribution in [-0.4, -0.2) is 23.5 Å². The third-order valence-corrected chi connectivity index (χ3v) is 3.53. The molecule has 102 valence electrons. The number of carbonyl (C=O) groups excluding carboxylic acids is 1. The second-order valence-electron chi connectivity index (χ2n) is 5.11. The summed E-state index contributed by atoms with van der Waals surface area (Å²) in [5, 5.41) is 8.88. The van der Waals surface area contributed by atoms with Crippen molar-refractivity contribution in [3.63, 3.8) is 0 Å². The molecule has 1 unspecified atom stereocenters. The zero-order valence-corrected chi connectivity index (χ0v) is 11.1. The van der Waals surface area contributed by atoms with E-state index in [4.69, 9.17) is 5.11 Å². The van der Waals surface area contributed by atoms with E-state index >= 15 is 0 Å². The molecule has 1 atom stereocenters. The van der Waals surface area contributed by atoms with Gasteiger partial charge in [-0.2, -0.15) is 0 Å². The smallest absolute Gasteiger partial charge is 0.306 e. The zero-order chi connectivity index (χ0) is 13.8. The number of piperidine rings is 1. The van der Waals surface area contributed by atoms with Gasteiger partial charge >= 0.3 is 5.97 Å². The van der Waals surface area contributed by atoms with Crippen LogP contribution in [0.5, 0.6) is 0 Å². The molecule has 19 heavy (non-hydrogen) atoms. The molecule has 1 aromatic rings. The molecule has 2 rings (SSSR count). The van der Waals surface area contributed by atoms with Gasteiger partial charge in [0.1, 0.15) is 0 Å². The molecule has 4 nitrogen and oxygen atoms in total. The van der Waals surface area contributed by atoms with Crippen LogP contribution in [0, 0.1) is 5.92 Å². The van der Waals surface area contributed by atoms with Crippen LogP contribution in [-0.2, 0) is 16.0 Å². The first kappa shape index (κ1) is 13.6. The Morgan fingerprint density at radius 1 is 1.32 bits per heavy atom. The van der Waals surface area contributed by atoms with Gasteiger partial charge in [-0.3, -0.25) is 9.59 Å². The molecule has 1 heterocycles. The monoisotopic (exact) mass is 261 g/mol. The topological polar surface area (TPSA) is 57.6 Å². The quantitative estimate of drug-likeness (QED) is 0.905. The lowest BCUT2D eigenvalue weighted by Crippen LogP contribution is -2.35. The molecule has 1 aliphatic heterocycles. The fourth-order valence-corrected chi connectivity index (χ4v) is 2.33. The Morgan fingerprint density at radius 3 is 2.58 bits per heavy atom. The number of rotatable bonds is 4. The van der Waals surface area contributed by atoms with Crippen LogP contribution in [0.3, 0.4) is 0 Å². The van der Waals surface area contributed by atoms with Gasteiger partial charge in [0.2, 0.25) is 5.91 Å². The lowest BCUT2D eigenvalue weighted by atomic mass is 10.0. The third-order valence-electron chi connectivity index (χ3n) is 3.53. The van der Waals surface area contributed by atoms with Crippen molar-refractivity contribution >= 4 is 17.6 Å². The number of carboxylic acids is 1. The summed E-state index contributed by atoms with van der Waals surface area (Å²) in [5.41, 5.74) is 1.90. The summed E-state index contributed by atoms with van der Waals surface area (Å²) in [6, 6.07) is 7.65. The fraction of sp³-hybridized carbons (Fsp3) is 0.467. The number of benzene rings is 1. The van der Waals surface area contributed by atoms with Gasteiger partial charge < -0.3 is 10.0 Å². The van der Waals surface area contributed by atoms with Gasteiger partial charge in [-0.1, -0.05) is 19.1 Å². The fourth-order valence-electron chi connectivity index (χ4n) is 2.33. The van der Waals surface area contributed by atoms with Gasteiger partial charge in [0, 0.05) is 18.7 Å². The minimum atomic E-state index is -0.782. The molecule has 1 aliphatic rings. The Kier molecular flexibility index (Phi) is 4.20. The van der Waals surface area contributed by atoms with E-state index in [-0.39, 0.29) is 11.8 Å². The van der Waals surface area contributed by atoms with Crippen molar-refractivity contribution in [1.82, 2.24) is 0 Å². The summed E-state index contributed by atoms with van der Waals surface area (Å²) in [7, 11) is 0. The summed E-state index contributed by atoms with van der Waals surface area (Å²) in [6.07, 6.45) is 3.16.